The number of nitrogens with zero attached hydrogens (tertiary/aromatic N) is 3. The molecule has 0 atom stereocenters. The first-order chi connectivity index (χ1) is 20.0. The van der Waals surface area contributed by atoms with Gasteiger partial charge in [0.15, 0.2) is 5.13 Å². The van der Waals surface area contributed by atoms with Crippen LogP contribution in [0.4, 0.5) is 10.8 Å². The van der Waals surface area contributed by atoms with Crippen LogP contribution in [0.15, 0.2) is 136 Å². The minimum Gasteiger partial charge on any atom is -0.457 e. The van der Waals surface area contributed by atoms with Crippen molar-refractivity contribution < 1.29 is 17.9 Å². The third-order valence-corrected chi connectivity index (χ3v) is 8.29. The van der Waals surface area contributed by atoms with Crippen molar-refractivity contribution in [2.75, 3.05) is 9.62 Å². The smallest absolute Gasteiger partial charge is 0.282 e. The second kappa shape index (κ2) is 11.2. The van der Waals surface area contributed by atoms with Gasteiger partial charge >= 0.3 is 0 Å². The summed E-state index contributed by atoms with van der Waals surface area (Å²) in [5, 5.41) is 1.96. The average molecular weight is 579 g/mol. The van der Waals surface area contributed by atoms with Gasteiger partial charge in [-0.15, -0.1) is 11.3 Å². The average Bonchev–Trinajstić information content (AvgIpc) is 3.62. The minimum absolute atomic E-state index is 0.0508. The number of thiazole rings is 1. The standard InChI is InChI=1S/C31H22N4O4S2/c36-30-28(21-22-11-15-26(16-12-22)39-25-9-5-2-6-10-25)33-29(23-7-3-1-4-8-23)35(30)24-13-17-27(18-14-24)41(37,38)34-31-32-19-20-40-31/h1-21H,(H,32,34)/b28-21-. The Kier molecular flexibility index (Phi) is 7.15. The summed E-state index contributed by atoms with van der Waals surface area (Å²) < 4.78 is 33.9. The molecule has 41 heavy (non-hydrogen) atoms. The lowest BCUT2D eigenvalue weighted by atomic mass is 10.1. The molecular formula is C31H22N4O4S2. The molecule has 0 aliphatic carbocycles. The number of sulfonamides is 1. The maximum atomic E-state index is 13.7. The molecule has 1 aliphatic heterocycles. The topological polar surface area (TPSA) is 101 Å². The lowest BCUT2D eigenvalue weighted by molar-refractivity contribution is -0.113. The molecule has 202 valence electrons. The molecular weight excluding hydrogens is 556 g/mol. The van der Waals surface area contributed by atoms with Crippen LogP contribution in [-0.2, 0) is 14.8 Å². The fraction of sp³-hybridized carbons (Fsp3) is 0. The highest BCUT2D eigenvalue weighted by Gasteiger charge is 2.32. The number of hydrogen-bond acceptors (Lipinski definition) is 7. The number of rotatable bonds is 8. The third-order valence-electron chi connectivity index (χ3n) is 6.11. The summed E-state index contributed by atoms with van der Waals surface area (Å²) >= 11 is 1.18. The first-order valence-corrected chi connectivity index (χ1v) is 14.9. The molecule has 0 saturated carbocycles. The zero-order valence-electron chi connectivity index (χ0n) is 21.4. The van der Waals surface area contributed by atoms with E-state index in [1.54, 1.807) is 23.6 Å². The fourth-order valence-electron chi connectivity index (χ4n) is 4.17. The lowest BCUT2D eigenvalue weighted by Gasteiger charge is -2.19. The first kappa shape index (κ1) is 26.2. The van der Waals surface area contributed by atoms with E-state index in [4.69, 9.17) is 4.74 Å². The van der Waals surface area contributed by atoms with Gasteiger partial charge in [0.05, 0.1) is 10.6 Å². The van der Waals surface area contributed by atoms with Gasteiger partial charge in [-0.1, -0.05) is 60.7 Å². The maximum Gasteiger partial charge on any atom is 0.282 e. The second-order valence-electron chi connectivity index (χ2n) is 8.89. The van der Waals surface area contributed by atoms with E-state index < -0.39 is 10.0 Å². The van der Waals surface area contributed by atoms with Gasteiger partial charge in [-0.3, -0.25) is 14.4 Å². The van der Waals surface area contributed by atoms with Gasteiger partial charge in [0.1, 0.15) is 23.0 Å². The molecule has 10 heteroatoms. The Morgan fingerprint density at radius 1 is 0.805 bits per heavy atom. The van der Waals surface area contributed by atoms with E-state index in [0.29, 0.717) is 17.3 Å². The molecule has 1 amide bonds. The molecule has 0 fully saturated rings. The van der Waals surface area contributed by atoms with Crippen molar-refractivity contribution >= 4 is 50.0 Å². The molecule has 1 aromatic heterocycles. The van der Waals surface area contributed by atoms with Crippen LogP contribution in [0.1, 0.15) is 11.1 Å². The van der Waals surface area contributed by atoms with Gasteiger partial charge in [-0.2, -0.15) is 0 Å². The maximum absolute atomic E-state index is 13.7. The molecule has 0 spiro atoms. The molecule has 5 aromatic rings. The number of carbonyl (C=O) groups excluding carboxylic acids is 1. The summed E-state index contributed by atoms with van der Waals surface area (Å²) in [6, 6.07) is 32.3. The molecule has 0 saturated heterocycles. The van der Waals surface area contributed by atoms with Gasteiger partial charge in [0, 0.05) is 17.1 Å². The van der Waals surface area contributed by atoms with Crippen LogP contribution in [0.2, 0.25) is 0 Å². The Bertz CT molecular complexity index is 1840. The van der Waals surface area contributed by atoms with Crippen molar-refractivity contribution in [3.8, 4) is 11.5 Å². The molecule has 8 nitrogen and oxygen atoms in total. The predicted molar refractivity (Wildman–Crippen MR) is 161 cm³/mol. The number of aromatic nitrogens is 1. The monoisotopic (exact) mass is 578 g/mol. The number of benzene rings is 4. The highest BCUT2D eigenvalue weighted by Crippen LogP contribution is 2.30. The van der Waals surface area contributed by atoms with Crippen molar-refractivity contribution in [1.82, 2.24) is 4.98 Å². The van der Waals surface area contributed by atoms with E-state index in [0.717, 1.165) is 16.9 Å². The van der Waals surface area contributed by atoms with Crippen LogP contribution in [0.5, 0.6) is 11.5 Å². The SMILES string of the molecule is O=C1/C(=C/c2ccc(Oc3ccccc3)cc2)N=C(c2ccccc2)N1c1ccc(S(=O)(=O)Nc2nccs2)cc1. The first-order valence-electron chi connectivity index (χ1n) is 12.5. The third kappa shape index (κ3) is 5.79. The van der Waals surface area contributed by atoms with Crippen LogP contribution in [0.3, 0.4) is 0 Å². The van der Waals surface area contributed by atoms with Gasteiger partial charge in [-0.25, -0.2) is 18.4 Å². The largest absolute Gasteiger partial charge is 0.457 e. The van der Waals surface area contributed by atoms with E-state index in [1.165, 1.54) is 34.6 Å². The highest BCUT2D eigenvalue weighted by atomic mass is 32.2. The Morgan fingerprint density at radius 3 is 2.12 bits per heavy atom. The van der Waals surface area contributed by atoms with Gasteiger partial charge in [0.2, 0.25) is 0 Å². The number of amides is 1. The van der Waals surface area contributed by atoms with E-state index in [-0.39, 0.29) is 21.6 Å². The summed E-state index contributed by atoms with van der Waals surface area (Å²) in [5.74, 6) is 1.52. The molecule has 6 rings (SSSR count). The van der Waals surface area contributed by atoms with E-state index in [1.807, 2.05) is 84.9 Å². The number of amidine groups is 1. The normalized spacial score (nSPS) is 14.2. The molecule has 0 unspecified atom stereocenters. The fourth-order valence-corrected chi connectivity index (χ4v) is 5.96. The highest BCUT2D eigenvalue weighted by molar-refractivity contribution is 7.93. The summed E-state index contributed by atoms with van der Waals surface area (Å²) in [7, 11) is -3.84. The Hall–Kier alpha value is -5.06. The zero-order valence-corrected chi connectivity index (χ0v) is 23.0. The summed E-state index contributed by atoms with van der Waals surface area (Å²) in [6.07, 6.45) is 3.24. The molecule has 1 N–H and O–H groups in total. The van der Waals surface area contributed by atoms with Gasteiger partial charge in [0.25, 0.3) is 15.9 Å². The van der Waals surface area contributed by atoms with Crippen molar-refractivity contribution in [3.63, 3.8) is 0 Å². The Balaban J connectivity index is 1.28. The van der Waals surface area contributed by atoms with Crippen LogP contribution in [-0.4, -0.2) is 25.1 Å². The van der Waals surface area contributed by atoms with Gasteiger partial charge in [-0.05, 0) is 60.2 Å². The number of carbonyl (C=O) groups is 1. The molecule has 1 aliphatic rings. The number of para-hydroxylation sites is 1. The number of anilines is 2. The Labute approximate surface area is 241 Å². The molecule has 0 bridgehead atoms. The van der Waals surface area contributed by atoms with E-state index in [2.05, 4.69) is 14.7 Å². The predicted octanol–water partition coefficient (Wildman–Crippen LogP) is 6.57. The Morgan fingerprint density at radius 2 is 1.46 bits per heavy atom. The number of aliphatic imine (C=N–C) groups is 1. The second-order valence-corrected chi connectivity index (χ2v) is 11.5. The van der Waals surface area contributed by atoms with Crippen molar-refractivity contribution in [2.24, 2.45) is 4.99 Å². The molecule has 0 radical (unpaired) electrons. The van der Waals surface area contributed by atoms with E-state index >= 15 is 0 Å². The number of nitrogens with one attached hydrogen (secondary N) is 1. The summed E-state index contributed by atoms with van der Waals surface area (Å²) in [5.41, 5.74) is 2.27. The van der Waals surface area contributed by atoms with Crippen LogP contribution in [0, 0.1) is 0 Å². The van der Waals surface area contributed by atoms with E-state index in [9.17, 15) is 13.2 Å². The molecule has 4 aromatic carbocycles. The lowest BCUT2D eigenvalue weighted by Crippen LogP contribution is -2.32. The van der Waals surface area contributed by atoms with Crippen molar-refractivity contribution in [3.05, 3.63) is 138 Å². The van der Waals surface area contributed by atoms with Crippen LogP contribution < -0.4 is 14.4 Å². The molecule has 2 heterocycles. The van der Waals surface area contributed by atoms with Crippen LogP contribution in [0.25, 0.3) is 6.08 Å². The van der Waals surface area contributed by atoms with Crippen molar-refractivity contribution in [1.29, 1.82) is 0 Å². The minimum atomic E-state index is -3.84. The summed E-state index contributed by atoms with van der Waals surface area (Å²) in [6.45, 7) is 0. The quantitative estimate of drug-likeness (QED) is 0.210. The number of ether oxygens (including phenoxy) is 1. The van der Waals surface area contributed by atoms with Gasteiger partial charge < -0.3 is 4.74 Å². The summed E-state index contributed by atoms with van der Waals surface area (Å²) in [4.78, 5) is 23.9. The van der Waals surface area contributed by atoms with Crippen molar-refractivity contribution in [2.45, 2.75) is 4.90 Å². The number of hydrogen-bond donors (Lipinski definition) is 1. The van der Waals surface area contributed by atoms with Crippen LogP contribution >= 0.6 is 11.3 Å². The zero-order chi connectivity index (χ0) is 28.2.